The van der Waals surface area contributed by atoms with Crippen molar-refractivity contribution >= 4 is 23.2 Å². The SMILES string of the molecule is COc1ccc(CNCC(O)c2cc(Cl)cc(Cl)c2)c(O)c1. The molecule has 6 heteroatoms. The lowest BCUT2D eigenvalue weighted by Crippen LogP contribution is -2.21. The number of halogens is 2. The van der Waals surface area contributed by atoms with Gasteiger partial charge in [0, 0.05) is 34.8 Å². The maximum Gasteiger partial charge on any atom is 0.123 e. The van der Waals surface area contributed by atoms with E-state index in [1.807, 2.05) is 0 Å². The van der Waals surface area contributed by atoms with Crippen molar-refractivity contribution < 1.29 is 14.9 Å². The summed E-state index contributed by atoms with van der Waals surface area (Å²) in [5.41, 5.74) is 1.36. The van der Waals surface area contributed by atoms with Gasteiger partial charge in [-0.05, 0) is 29.8 Å². The number of hydrogen-bond donors (Lipinski definition) is 3. The van der Waals surface area contributed by atoms with Gasteiger partial charge in [0.2, 0.25) is 0 Å². The molecule has 0 bridgehead atoms. The summed E-state index contributed by atoms with van der Waals surface area (Å²) in [7, 11) is 1.54. The first-order valence-corrected chi connectivity index (χ1v) is 7.46. The molecule has 2 rings (SSSR count). The van der Waals surface area contributed by atoms with Crippen molar-refractivity contribution in [3.8, 4) is 11.5 Å². The Hall–Kier alpha value is -1.46. The molecule has 4 nitrogen and oxygen atoms in total. The molecule has 0 aliphatic carbocycles. The zero-order valence-corrected chi connectivity index (χ0v) is 13.5. The van der Waals surface area contributed by atoms with E-state index in [4.69, 9.17) is 27.9 Å². The third kappa shape index (κ3) is 4.52. The van der Waals surface area contributed by atoms with Crippen molar-refractivity contribution in [2.24, 2.45) is 0 Å². The van der Waals surface area contributed by atoms with E-state index in [2.05, 4.69) is 5.32 Å². The van der Waals surface area contributed by atoms with Crippen LogP contribution in [0.5, 0.6) is 11.5 Å². The average molecular weight is 342 g/mol. The van der Waals surface area contributed by atoms with E-state index in [1.165, 1.54) is 0 Å². The van der Waals surface area contributed by atoms with Crippen LogP contribution in [-0.2, 0) is 6.54 Å². The summed E-state index contributed by atoms with van der Waals surface area (Å²) < 4.78 is 5.03. The summed E-state index contributed by atoms with van der Waals surface area (Å²) in [5, 5.41) is 24.0. The average Bonchev–Trinajstić information content (AvgIpc) is 2.47. The summed E-state index contributed by atoms with van der Waals surface area (Å²) in [5.74, 6) is 0.738. The van der Waals surface area contributed by atoms with E-state index in [0.717, 1.165) is 5.56 Å². The van der Waals surface area contributed by atoms with Crippen LogP contribution in [0, 0.1) is 0 Å². The highest BCUT2D eigenvalue weighted by molar-refractivity contribution is 6.34. The van der Waals surface area contributed by atoms with E-state index in [9.17, 15) is 10.2 Å². The van der Waals surface area contributed by atoms with Gasteiger partial charge in [-0.3, -0.25) is 0 Å². The maximum atomic E-state index is 10.1. The van der Waals surface area contributed by atoms with Crippen molar-refractivity contribution in [2.45, 2.75) is 12.6 Å². The van der Waals surface area contributed by atoms with E-state index < -0.39 is 6.10 Å². The highest BCUT2D eigenvalue weighted by atomic mass is 35.5. The monoisotopic (exact) mass is 341 g/mol. The Labute approximate surface area is 139 Å². The lowest BCUT2D eigenvalue weighted by Gasteiger charge is -2.14. The molecule has 0 aliphatic heterocycles. The molecule has 1 unspecified atom stereocenters. The second-order valence-corrected chi connectivity index (χ2v) is 5.72. The Morgan fingerprint density at radius 2 is 1.82 bits per heavy atom. The Morgan fingerprint density at radius 3 is 2.41 bits per heavy atom. The number of hydrogen-bond acceptors (Lipinski definition) is 4. The van der Waals surface area contributed by atoms with Gasteiger partial charge in [-0.15, -0.1) is 0 Å². The molecule has 0 spiro atoms. The molecule has 118 valence electrons. The molecule has 3 N–H and O–H groups in total. The van der Waals surface area contributed by atoms with Crippen LogP contribution in [0.25, 0.3) is 0 Å². The van der Waals surface area contributed by atoms with Crippen LogP contribution in [-0.4, -0.2) is 23.9 Å². The third-order valence-electron chi connectivity index (χ3n) is 3.22. The van der Waals surface area contributed by atoms with Gasteiger partial charge in [-0.1, -0.05) is 29.3 Å². The van der Waals surface area contributed by atoms with Gasteiger partial charge < -0.3 is 20.3 Å². The molecule has 0 radical (unpaired) electrons. The third-order valence-corrected chi connectivity index (χ3v) is 3.65. The molecule has 0 saturated carbocycles. The normalized spacial score (nSPS) is 12.2. The number of benzene rings is 2. The number of nitrogens with one attached hydrogen (secondary N) is 1. The number of methoxy groups -OCH3 is 1. The second kappa shape index (κ2) is 7.70. The van der Waals surface area contributed by atoms with Crippen LogP contribution < -0.4 is 10.1 Å². The van der Waals surface area contributed by atoms with Crippen molar-refractivity contribution in [3.05, 3.63) is 57.6 Å². The fourth-order valence-electron chi connectivity index (χ4n) is 2.05. The van der Waals surface area contributed by atoms with Crippen molar-refractivity contribution in [1.29, 1.82) is 0 Å². The van der Waals surface area contributed by atoms with Crippen LogP contribution in [0.2, 0.25) is 10.0 Å². The number of rotatable bonds is 6. The fourth-order valence-corrected chi connectivity index (χ4v) is 2.59. The minimum Gasteiger partial charge on any atom is -0.507 e. The van der Waals surface area contributed by atoms with Gasteiger partial charge in [-0.25, -0.2) is 0 Å². The number of aliphatic hydroxyl groups excluding tert-OH is 1. The smallest absolute Gasteiger partial charge is 0.123 e. The van der Waals surface area contributed by atoms with E-state index >= 15 is 0 Å². The van der Waals surface area contributed by atoms with Gasteiger partial charge >= 0.3 is 0 Å². The second-order valence-electron chi connectivity index (χ2n) is 4.84. The van der Waals surface area contributed by atoms with Crippen LogP contribution in [0.1, 0.15) is 17.2 Å². The number of aliphatic hydroxyl groups is 1. The number of phenols is 1. The van der Waals surface area contributed by atoms with Gasteiger partial charge in [0.25, 0.3) is 0 Å². The van der Waals surface area contributed by atoms with Gasteiger partial charge in [-0.2, -0.15) is 0 Å². The predicted molar refractivity (Wildman–Crippen MR) is 87.8 cm³/mol. The summed E-state index contributed by atoms with van der Waals surface area (Å²) in [6.45, 7) is 0.726. The zero-order chi connectivity index (χ0) is 16.1. The Bertz CT molecular complexity index is 629. The van der Waals surface area contributed by atoms with Gasteiger partial charge in [0.15, 0.2) is 0 Å². The molecule has 22 heavy (non-hydrogen) atoms. The number of phenolic OH excluding ortho intramolecular Hbond substituents is 1. The maximum absolute atomic E-state index is 10.1. The first kappa shape index (κ1) is 16.9. The standard InChI is InChI=1S/C16H17Cl2NO3/c1-22-14-3-2-10(15(20)7-14)8-19-9-16(21)11-4-12(17)6-13(18)5-11/h2-7,16,19-21H,8-9H2,1H3. The van der Waals surface area contributed by atoms with Crippen LogP contribution >= 0.6 is 23.2 Å². The molecule has 0 fully saturated rings. The molecule has 2 aromatic rings. The van der Waals surface area contributed by atoms with Gasteiger partial charge in [0.05, 0.1) is 13.2 Å². The molecular weight excluding hydrogens is 325 g/mol. The van der Waals surface area contributed by atoms with Crippen LogP contribution in [0.15, 0.2) is 36.4 Å². The lowest BCUT2D eigenvalue weighted by molar-refractivity contribution is 0.174. The lowest BCUT2D eigenvalue weighted by atomic mass is 10.1. The van der Waals surface area contributed by atoms with E-state index in [-0.39, 0.29) is 5.75 Å². The molecule has 0 saturated heterocycles. The molecule has 0 aromatic heterocycles. The summed E-state index contributed by atoms with van der Waals surface area (Å²) in [6.07, 6.45) is -0.739. The molecule has 0 amide bonds. The summed E-state index contributed by atoms with van der Waals surface area (Å²) in [6, 6.07) is 10.0. The van der Waals surface area contributed by atoms with Gasteiger partial charge in [0.1, 0.15) is 11.5 Å². The van der Waals surface area contributed by atoms with Crippen LogP contribution in [0.4, 0.5) is 0 Å². The Morgan fingerprint density at radius 1 is 1.14 bits per heavy atom. The number of aromatic hydroxyl groups is 1. The molecular formula is C16H17Cl2NO3. The minimum atomic E-state index is -0.739. The zero-order valence-electron chi connectivity index (χ0n) is 12.0. The first-order valence-electron chi connectivity index (χ1n) is 6.70. The highest BCUT2D eigenvalue weighted by Gasteiger charge is 2.10. The summed E-state index contributed by atoms with van der Waals surface area (Å²) >= 11 is 11.8. The Kier molecular flexibility index (Phi) is 5.91. The van der Waals surface area contributed by atoms with E-state index in [0.29, 0.717) is 34.4 Å². The molecule has 0 heterocycles. The van der Waals surface area contributed by atoms with Crippen molar-refractivity contribution in [3.63, 3.8) is 0 Å². The molecule has 2 aromatic carbocycles. The topological polar surface area (TPSA) is 61.7 Å². The van der Waals surface area contributed by atoms with Crippen molar-refractivity contribution in [2.75, 3.05) is 13.7 Å². The predicted octanol–water partition coefficient (Wildman–Crippen LogP) is 3.53. The van der Waals surface area contributed by atoms with E-state index in [1.54, 1.807) is 43.5 Å². The minimum absolute atomic E-state index is 0.145. The molecule has 0 aliphatic rings. The summed E-state index contributed by atoms with van der Waals surface area (Å²) in [4.78, 5) is 0. The Balaban J connectivity index is 1.93. The first-order chi connectivity index (χ1) is 10.5. The largest absolute Gasteiger partial charge is 0.507 e. The van der Waals surface area contributed by atoms with Crippen LogP contribution in [0.3, 0.4) is 0 Å². The fraction of sp³-hybridized carbons (Fsp3) is 0.250. The van der Waals surface area contributed by atoms with Crippen molar-refractivity contribution in [1.82, 2.24) is 5.32 Å². The molecule has 1 atom stereocenters. The number of ether oxygens (including phenoxy) is 1. The highest BCUT2D eigenvalue weighted by Crippen LogP contribution is 2.25. The quantitative estimate of drug-likeness (QED) is 0.752.